The summed E-state index contributed by atoms with van der Waals surface area (Å²) in [5, 5.41) is 8.61. The number of nitrogens with zero attached hydrogens (tertiary/aromatic N) is 1. The first-order valence-corrected chi connectivity index (χ1v) is 5.56. The van der Waals surface area contributed by atoms with Crippen LogP contribution in [0.25, 0.3) is 5.57 Å². The second kappa shape index (κ2) is 6.07. The number of benzene rings is 1. The summed E-state index contributed by atoms with van der Waals surface area (Å²) in [4.78, 5) is 0. The molecule has 0 aliphatic rings. The molecule has 0 N–H and O–H groups in total. The lowest BCUT2D eigenvalue weighted by Crippen LogP contribution is -1.89. The zero-order chi connectivity index (χ0) is 12.0. The molecule has 0 aliphatic carbocycles. The van der Waals surface area contributed by atoms with Crippen LogP contribution >= 0.6 is 0 Å². The molecule has 1 aromatic rings. The number of hydrogen-bond acceptors (Lipinski definition) is 1. The van der Waals surface area contributed by atoms with Gasteiger partial charge in [0.05, 0.1) is 5.56 Å². The summed E-state index contributed by atoms with van der Waals surface area (Å²) >= 11 is 0. The van der Waals surface area contributed by atoms with Crippen LogP contribution in [0, 0.1) is 17.1 Å². The molecular formula is C14H16FN. The standard InChI is InChI=1S/C14H16FN/c1-3-4-5-6-11(2)12-7-8-13(10-16)14(15)9-12/h7-9H,2-6H2,1H3. The fourth-order valence-electron chi connectivity index (χ4n) is 1.56. The van der Waals surface area contributed by atoms with Crippen LogP contribution in [-0.2, 0) is 0 Å². The fraction of sp³-hybridized carbons (Fsp3) is 0.357. The van der Waals surface area contributed by atoms with E-state index < -0.39 is 5.82 Å². The molecule has 84 valence electrons. The molecular weight excluding hydrogens is 201 g/mol. The van der Waals surface area contributed by atoms with E-state index in [-0.39, 0.29) is 5.56 Å². The summed E-state index contributed by atoms with van der Waals surface area (Å²) in [6, 6.07) is 6.47. The van der Waals surface area contributed by atoms with Crippen LogP contribution in [0.1, 0.15) is 43.7 Å². The van der Waals surface area contributed by atoms with Gasteiger partial charge in [0.2, 0.25) is 0 Å². The van der Waals surface area contributed by atoms with Crippen molar-refractivity contribution in [2.24, 2.45) is 0 Å². The number of hydrogen-bond donors (Lipinski definition) is 0. The third kappa shape index (κ3) is 3.20. The predicted octanol–water partition coefficient (Wildman–Crippen LogP) is 4.29. The van der Waals surface area contributed by atoms with Gasteiger partial charge in [-0.1, -0.05) is 32.4 Å². The average molecular weight is 217 g/mol. The summed E-state index contributed by atoms with van der Waals surface area (Å²) in [6.07, 6.45) is 4.29. The molecule has 0 amide bonds. The van der Waals surface area contributed by atoms with Gasteiger partial charge in [-0.15, -0.1) is 0 Å². The van der Waals surface area contributed by atoms with E-state index in [9.17, 15) is 4.39 Å². The van der Waals surface area contributed by atoms with E-state index in [1.807, 2.05) is 6.07 Å². The molecule has 2 heteroatoms. The van der Waals surface area contributed by atoms with Crippen molar-refractivity contribution in [2.45, 2.75) is 32.6 Å². The lowest BCUT2D eigenvalue weighted by atomic mass is 10.00. The number of allylic oxidation sites excluding steroid dienone is 1. The van der Waals surface area contributed by atoms with Crippen molar-refractivity contribution in [3.05, 3.63) is 41.7 Å². The molecule has 1 nitrogen and oxygen atoms in total. The monoisotopic (exact) mass is 217 g/mol. The maximum atomic E-state index is 13.3. The van der Waals surface area contributed by atoms with Crippen molar-refractivity contribution in [3.63, 3.8) is 0 Å². The van der Waals surface area contributed by atoms with Gasteiger partial charge >= 0.3 is 0 Å². The van der Waals surface area contributed by atoms with E-state index in [1.54, 1.807) is 6.07 Å². The summed E-state index contributed by atoms with van der Waals surface area (Å²) in [6.45, 7) is 6.09. The van der Waals surface area contributed by atoms with E-state index in [4.69, 9.17) is 5.26 Å². The van der Waals surface area contributed by atoms with E-state index in [2.05, 4.69) is 13.5 Å². The Kier molecular flexibility index (Phi) is 4.72. The predicted molar refractivity (Wildman–Crippen MR) is 64.3 cm³/mol. The number of nitriles is 1. The molecule has 0 bridgehead atoms. The van der Waals surface area contributed by atoms with E-state index in [0.717, 1.165) is 36.8 Å². The Hall–Kier alpha value is -1.62. The molecule has 0 saturated carbocycles. The minimum Gasteiger partial charge on any atom is -0.206 e. The molecule has 0 aliphatic heterocycles. The smallest absolute Gasteiger partial charge is 0.141 e. The normalized spacial score (nSPS) is 9.81. The van der Waals surface area contributed by atoms with E-state index >= 15 is 0 Å². The van der Waals surface area contributed by atoms with Crippen molar-refractivity contribution in [2.75, 3.05) is 0 Å². The lowest BCUT2D eigenvalue weighted by Gasteiger charge is -2.06. The maximum Gasteiger partial charge on any atom is 0.141 e. The molecule has 0 radical (unpaired) electrons. The van der Waals surface area contributed by atoms with Crippen molar-refractivity contribution >= 4 is 5.57 Å². The van der Waals surface area contributed by atoms with Crippen LogP contribution in [0.5, 0.6) is 0 Å². The van der Waals surface area contributed by atoms with Crippen LogP contribution in [0.15, 0.2) is 24.8 Å². The van der Waals surface area contributed by atoms with Crippen molar-refractivity contribution in [1.29, 1.82) is 5.26 Å². The summed E-state index contributed by atoms with van der Waals surface area (Å²) < 4.78 is 13.3. The van der Waals surface area contributed by atoms with Gasteiger partial charge in [-0.25, -0.2) is 4.39 Å². The average Bonchev–Trinajstić information content (AvgIpc) is 2.29. The van der Waals surface area contributed by atoms with Gasteiger partial charge in [-0.2, -0.15) is 5.26 Å². The minimum atomic E-state index is -0.461. The third-order valence-electron chi connectivity index (χ3n) is 2.58. The van der Waals surface area contributed by atoms with Gasteiger partial charge in [0.15, 0.2) is 0 Å². The lowest BCUT2D eigenvalue weighted by molar-refractivity contribution is 0.623. The minimum absolute atomic E-state index is 0.0881. The van der Waals surface area contributed by atoms with Gasteiger partial charge < -0.3 is 0 Å². The highest BCUT2D eigenvalue weighted by atomic mass is 19.1. The second-order valence-corrected chi connectivity index (χ2v) is 3.87. The topological polar surface area (TPSA) is 23.8 Å². The SMILES string of the molecule is C=C(CCCCC)c1ccc(C#N)c(F)c1. The van der Waals surface area contributed by atoms with Crippen LogP contribution < -0.4 is 0 Å². The largest absolute Gasteiger partial charge is 0.206 e. The molecule has 0 fully saturated rings. The van der Waals surface area contributed by atoms with E-state index in [1.165, 1.54) is 12.1 Å². The first-order valence-electron chi connectivity index (χ1n) is 5.56. The Morgan fingerprint density at radius 1 is 1.44 bits per heavy atom. The zero-order valence-corrected chi connectivity index (χ0v) is 9.59. The van der Waals surface area contributed by atoms with Gasteiger partial charge in [0.25, 0.3) is 0 Å². The van der Waals surface area contributed by atoms with Gasteiger partial charge in [0, 0.05) is 0 Å². The highest BCUT2D eigenvalue weighted by Crippen LogP contribution is 2.21. The first-order chi connectivity index (χ1) is 7.69. The molecule has 16 heavy (non-hydrogen) atoms. The zero-order valence-electron chi connectivity index (χ0n) is 9.59. The molecule has 0 saturated heterocycles. The summed E-state index contributed by atoms with van der Waals surface area (Å²) in [5.41, 5.74) is 1.83. The Bertz CT molecular complexity index is 415. The van der Waals surface area contributed by atoms with Gasteiger partial charge in [-0.05, 0) is 36.1 Å². The van der Waals surface area contributed by atoms with Crippen molar-refractivity contribution < 1.29 is 4.39 Å². The molecule has 0 heterocycles. The number of rotatable bonds is 5. The number of halogens is 1. The van der Waals surface area contributed by atoms with Gasteiger partial charge in [-0.3, -0.25) is 0 Å². The highest BCUT2D eigenvalue weighted by molar-refractivity contribution is 5.64. The quantitative estimate of drug-likeness (QED) is 0.675. The summed E-state index contributed by atoms with van der Waals surface area (Å²) in [7, 11) is 0. The molecule has 0 spiro atoms. The highest BCUT2D eigenvalue weighted by Gasteiger charge is 2.04. The molecule has 0 unspecified atom stereocenters. The molecule has 0 atom stereocenters. The Morgan fingerprint density at radius 3 is 2.75 bits per heavy atom. The first kappa shape index (κ1) is 12.4. The molecule has 1 aromatic carbocycles. The van der Waals surface area contributed by atoms with Crippen LogP contribution in [0.2, 0.25) is 0 Å². The molecule has 0 aromatic heterocycles. The Balaban J connectivity index is 2.70. The molecule has 1 rings (SSSR count). The Labute approximate surface area is 96.2 Å². The van der Waals surface area contributed by atoms with Gasteiger partial charge in [0.1, 0.15) is 11.9 Å². The second-order valence-electron chi connectivity index (χ2n) is 3.87. The van der Waals surface area contributed by atoms with Crippen LogP contribution in [0.3, 0.4) is 0 Å². The third-order valence-corrected chi connectivity index (χ3v) is 2.58. The summed E-state index contributed by atoms with van der Waals surface area (Å²) in [5.74, 6) is -0.461. The van der Waals surface area contributed by atoms with Crippen LogP contribution in [0.4, 0.5) is 4.39 Å². The van der Waals surface area contributed by atoms with Crippen molar-refractivity contribution in [1.82, 2.24) is 0 Å². The number of unbranched alkanes of at least 4 members (excludes halogenated alkanes) is 2. The Morgan fingerprint density at radius 2 is 2.19 bits per heavy atom. The van der Waals surface area contributed by atoms with Crippen molar-refractivity contribution in [3.8, 4) is 6.07 Å². The fourth-order valence-corrected chi connectivity index (χ4v) is 1.56. The van der Waals surface area contributed by atoms with Crippen LogP contribution in [-0.4, -0.2) is 0 Å². The van der Waals surface area contributed by atoms with E-state index in [0.29, 0.717) is 0 Å². The maximum absolute atomic E-state index is 13.3.